The highest BCUT2D eigenvalue weighted by Gasteiger charge is 2.16. The summed E-state index contributed by atoms with van der Waals surface area (Å²) in [5.74, 6) is -1.47. The van der Waals surface area contributed by atoms with E-state index in [1.165, 1.54) is 12.1 Å². The molecule has 0 radical (unpaired) electrons. The van der Waals surface area contributed by atoms with Crippen molar-refractivity contribution in [1.29, 1.82) is 0 Å². The fraction of sp³-hybridized carbons (Fsp3) is 0.333. The van der Waals surface area contributed by atoms with Gasteiger partial charge in [-0.2, -0.15) is 4.98 Å². The Morgan fingerprint density at radius 3 is 2.79 bits per heavy atom. The van der Waals surface area contributed by atoms with E-state index in [1.807, 2.05) is 14.0 Å². The number of likely N-dealkylation sites (N-methyl/N-ethyl adjacent to an activating group) is 1. The SMILES string of the molecule is CNC(C)Cc1noc(-c2cccc(F)c2F)n1.Cl. The van der Waals surface area contributed by atoms with Crippen LogP contribution in [0.2, 0.25) is 0 Å². The minimum absolute atomic E-state index is 0. The van der Waals surface area contributed by atoms with Gasteiger partial charge in [0.1, 0.15) is 0 Å². The topological polar surface area (TPSA) is 51.0 Å². The highest BCUT2D eigenvalue weighted by atomic mass is 35.5. The summed E-state index contributed by atoms with van der Waals surface area (Å²) in [5.41, 5.74) is -0.0224. The summed E-state index contributed by atoms with van der Waals surface area (Å²) in [7, 11) is 1.82. The maximum absolute atomic E-state index is 13.5. The second-order valence-corrected chi connectivity index (χ2v) is 4.01. The molecule has 1 aromatic heterocycles. The highest BCUT2D eigenvalue weighted by molar-refractivity contribution is 5.85. The molecule has 19 heavy (non-hydrogen) atoms. The molecule has 1 N–H and O–H groups in total. The van der Waals surface area contributed by atoms with Crippen molar-refractivity contribution in [3.63, 3.8) is 0 Å². The van der Waals surface area contributed by atoms with Gasteiger partial charge in [-0.25, -0.2) is 8.78 Å². The molecule has 1 atom stereocenters. The molecule has 0 bridgehead atoms. The van der Waals surface area contributed by atoms with Crippen molar-refractivity contribution in [2.75, 3.05) is 7.05 Å². The van der Waals surface area contributed by atoms with Crippen molar-refractivity contribution in [1.82, 2.24) is 15.5 Å². The van der Waals surface area contributed by atoms with Crippen LogP contribution in [0.1, 0.15) is 12.7 Å². The number of benzene rings is 1. The maximum atomic E-state index is 13.5. The lowest BCUT2D eigenvalue weighted by Gasteiger charge is -2.04. The van der Waals surface area contributed by atoms with E-state index in [1.54, 1.807) is 0 Å². The summed E-state index contributed by atoms with van der Waals surface area (Å²) in [4.78, 5) is 4.05. The Bertz CT molecular complexity index is 548. The molecule has 0 aliphatic carbocycles. The quantitative estimate of drug-likeness (QED) is 0.940. The van der Waals surface area contributed by atoms with Crippen LogP contribution in [-0.2, 0) is 6.42 Å². The Kier molecular flexibility index (Phi) is 5.38. The zero-order valence-electron chi connectivity index (χ0n) is 10.5. The summed E-state index contributed by atoms with van der Waals surface area (Å²) < 4.78 is 31.5. The van der Waals surface area contributed by atoms with Gasteiger partial charge in [-0.1, -0.05) is 11.2 Å². The zero-order chi connectivity index (χ0) is 13.1. The van der Waals surface area contributed by atoms with Crippen molar-refractivity contribution < 1.29 is 13.3 Å². The van der Waals surface area contributed by atoms with Crippen molar-refractivity contribution in [3.8, 4) is 11.5 Å². The molecule has 0 fully saturated rings. The summed E-state index contributed by atoms with van der Waals surface area (Å²) in [6.07, 6.45) is 0.553. The van der Waals surface area contributed by atoms with Gasteiger partial charge in [-0.05, 0) is 26.1 Å². The Hall–Kier alpha value is -1.53. The smallest absolute Gasteiger partial charge is 0.261 e. The molecule has 0 saturated carbocycles. The molecule has 1 unspecified atom stereocenters. The second-order valence-electron chi connectivity index (χ2n) is 4.01. The molecule has 0 amide bonds. The molecule has 4 nitrogen and oxygen atoms in total. The molecule has 0 spiro atoms. The van der Waals surface area contributed by atoms with Gasteiger partial charge >= 0.3 is 0 Å². The van der Waals surface area contributed by atoms with Crippen molar-refractivity contribution in [2.24, 2.45) is 0 Å². The van der Waals surface area contributed by atoms with Crippen LogP contribution < -0.4 is 5.32 Å². The van der Waals surface area contributed by atoms with E-state index in [4.69, 9.17) is 4.52 Å². The predicted octanol–water partition coefficient (Wildman–Crippen LogP) is 2.59. The normalized spacial score (nSPS) is 12.0. The average Bonchev–Trinajstić information content (AvgIpc) is 2.80. The van der Waals surface area contributed by atoms with Crippen LogP contribution in [0.15, 0.2) is 22.7 Å². The third-order valence-electron chi connectivity index (χ3n) is 2.63. The van der Waals surface area contributed by atoms with Crippen LogP contribution in [0.4, 0.5) is 8.78 Å². The van der Waals surface area contributed by atoms with Crippen LogP contribution >= 0.6 is 12.4 Å². The van der Waals surface area contributed by atoms with Gasteiger partial charge < -0.3 is 9.84 Å². The number of halogens is 3. The fourth-order valence-corrected chi connectivity index (χ4v) is 1.49. The molecular weight excluding hydrogens is 276 g/mol. The monoisotopic (exact) mass is 289 g/mol. The number of aromatic nitrogens is 2. The molecule has 104 valence electrons. The predicted molar refractivity (Wildman–Crippen MR) is 69.1 cm³/mol. The molecule has 2 aromatic rings. The molecule has 1 heterocycles. The fourth-order valence-electron chi connectivity index (χ4n) is 1.49. The van der Waals surface area contributed by atoms with E-state index in [0.29, 0.717) is 12.2 Å². The summed E-state index contributed by atoms with van der Waals surface area (Å²) >= 11 is 0. The summed E-state index contributed by atoms with van der Waals surface area (Å²) in [6.45, 7) is 1.96. The van der Waals surface area contributed by atoms with Gasteiger partial charge in [-0.15, -0.1) is 12.4 Å². The van der Waals surface area contributed by atoms with E-state index < -0.39 is 11.6 Å². The maximum Gasteiger partial charge on any atom is 0.261 e. The van der Waals surface area contributed by atoms with Crippen LogP contribution in [0.5, 0.6) is 0 Å². The lowest BCUT2D eigenvalue weighted by molar-refractivity contribution is 0.414. The first kappa shape index (κ1) is 15.5. The van der Waals surface area contributed by atoms with E-state index in [2.05, 4.69) is 15.5 Å². The first-order valence-electron chi connectivity index (χ1n) is 5.56. The van der Waals surface area contributed by atoms with E-state index in [9.17, 15) is 8.78 Å². The second kappa shape index (κ2) is 6.58. The molecule has 7 heteroatoms. The van der Waals surface area contributed by atoms with Gasteiger partial charge in [0.15, 0.2) is 17.5 Å². The van der Waals surface area contributed by atoms with Crippen LogP contribution in [0.25, 0.3) is 11.5 Å². The van der Waals surface area contributed by atoms with Crippen LogP contribution in [0.3, 0.4) is 0 Å². The molecule has 0 aliphatic rings. The van der Waals surface area contributed by atoms with E-state index in [-0.39, 0.29) is 29.9 Å². The highest BCUT2D eigenvalue weighted by Crippen LogP contribution is 2.22. The Labute approximate surface area is 115 Å². The van der Waals surface area contributed by atoms with Crippen molar-refractivity contribution >= 4 is 12.4 Å². The molecule has 0 aliphatic heterocycles. The largest absolute Gasteiger partial charge is 0.334 e. The van der Waals surface area contributed by atoms with Gasteiger partial charge in [-0.3, -0.25) is 0 Å². The minimum atomic E-state index is -0.977. The third-order valence-corrected chi connectivity index (χ3v) is 2.63. The van der Waals surface area contributed by atoms with Gasteiger partial charge in [0, 0.05) is 12.5 Å². The Morgan fingerprint density at radius 1 is 1.37 bits per heavy atom. The molecule has 1 aromatic carbocycles. The van der Waals surface area contributed by atoms with Gasteiger partial charge in [0.05, 0.1) is 5.56 Å². The van der Waals surface area contributed by atoms with Gasteiger partial charge in [0.25, 0.3) is 5.89 Å². The van der Waals surface area contributed by atoms with E-state index >= 15 is 0 Å². The first-order valence-corrected chi connectivity index (χ1v) is 5.56. The molecule has 2 rings (SSSR count). The number of hydrogen-bond donors (Lipinski definition) is 1. The zero-order valence-corrected chi connectivity index (χ0v) is 11.3. The Morgan fingerprint density at radius 2 is 2.11 bits per heavy atom. The van der Waals surface area contributed by atoms with Crippen molar-refractivity contribution in [3.05, 3.63) is 35.7 Å². The van der Waals surface area contributed by atoms with Crippen LogP contribution in [0, 0.1) is 11.6 Å². The van der Waals surface area contributed by atoms with Gasteiger partial charge in [0.2, 0.25) is 0 Å². The number of nitrogens with one attached hydrogen (secondary N) is 1. The molecular formula is C12H14ClF2N3O. The Balaban J connectivity index is 0.00000180. The lowest BCUT2D eigenvalue weighted by Crippen LogP contribution is -2.24. The standard InChI is InChI=1S/C12H13F2N3O.ClH/c1-7(15-2)6-10-16-12(18-17-10)8-4-3-5-9(13)11(8)14;/h3-5,7,15H,6H2,1-2H3;1H. The minimum Gasteiger partial charge on any atom is -0.334 e. The number of nitrogens with zero attached hydrogens (tertiary/aromatic N) is 2. The third kappa shape index (κ3) is 3.48. The number of hydrogen-bond acceptors (Lipinski definition) is 4. The van der Waals surface area contributed by atoms with Crippen LogP contribution in [-0.4, -0.2) is 23.2 Å². The number of rotatable bonds is 4. The summed E-state index contributed by atoms with van der Waals surface area (Å²) in [6, 6.07) is 4.01. The molecule has 0 saturated heterocycles. The average molecular weight is 290 g/mol. The van der Waals surface area contributed by atoms with Crippen molar-refractivity contribution in [2.45, 2.75) is 19.4 Å². The lowest BCUT2D eigenvalue weighted by atomic mass is 10.2. The van der Waals surface area contributed by atoms with E-state index in [0.717, 1.165) is 6.07 Å². The summed E-state index contributed by atoms with van der Waals surface area (Å²) in [5, 5.41) is 6.76. The first-order chi connectivity index (χ1) is 8.61.